The van der Waals surface area contributed by atoms with Crippen LogP contribution < -0.4 is 5.73 Å². The molecular weight excluding hydrogens is 196 g/mol. The van der Waals surface area contributed by atoms with Crippen LogP contribution in [0.4, 0.5) is 0 Å². The molecule has 0 aromatic carbocycles. The summed E-state index contributed by atoms with van der Waals surface area (Å²) in [6, 6.07) is -0.0602. The summed E-state index contributed by atoms with van der Waals surface area (Å²) >= 11 is 0. The van der Waals surface area contributed by atoms with Gasteiger partial charge in [-0.3, -0.25) is 14.5 Å². The SMILES string of the molecule is CCN(CC(N)=O)C(C)C(C)C(=O)OC. The molecule has 0 aliphatic heterocycles. The van der Waals surface area contributed by atoms with Crippen molar-refractivity contribution in [3.63, 3.8) is 0 Å². The summed E-state index contributed by atoms with van der Waals surface area (Å²) in [6.45, 7) is 6.42. The zero-order valence-electron chi connectivity index (χ0n) is 9.82. The minimum atomic E-state index is -0.388. The fraction of sp³-hybridized carbons (Fsp3) is 0.800. The number of hydrogen-bond donors (Lipinski definition) is 1. The van der Waals surface area contributed by atoms with Gasteiger partial charge >= 0.3 is 5.97 Å². The van der Waals surface area contributed by atoms with E-state index in [0.29, 0.717) is 6.54 Å². The second-order valence-electron chi connectivity index (χ2n) is 3.58. The second-order valence-corrected chi connectivity index (χ2v) is 3.58. The first-order valence-electron chi connectivity index (χ1n) is 5.04. The summed E-state index contributed by atoms with van der Waals surface area (Å²) in [5.74, 6) is -0.930. The Bertz CT molecular complexity index is 231. The van der Waals surface area contributed by atoms with Crippen molar-refractivity contribution < 1.29 is 14.3 Å². The van der Waals surface area contributed by atoms with Crippen molar-refractivity contribution >= 4 is 11.9 Å². The third kappa shape index (κ3) is 4.29. The van der Waals surface area contributed by atoms with Crippen molar-refractivity contribution in [1.82, 2.24) is 4.90 Å². The van der Waals surface area contributed by atoms with E-state index in [2.05, 4.69) is 4.74 Å². The highest BCUT2D eigenvalue weighted by atomic mass is 16.5. The van der Waals surface area contributed by atoms with E-state index in [4.69, 9.17) is 5.73 Å². The Morgan fingerprint density at radius 2 is 1.93 bits per heavy atom. The van der Waals surface area contributed by atoms with E-state index in [1.807, 2.05) is 18.7 Å². The summed E-state index contributed by atoms with van der Waals surface area (Å²) in [4.78, 5) is 23.9. The van der Waals surface area contributed by atoms with Gasteiger partial charge in [0, 0.05) is 6.04 Å². The number of hydrogen-bond acceptors (Lipinski definition) is 4. The molecular formula is C10H20N2O3. The Hall–Kier alpha value is -1.10. The van der Waals surface area contributed by atoms with E-state index in [0.717, 1.165) is 0 Å². The molecule has 2 unspecified atom stereocenters. The van der Waals surface area contributed by atoms with E-state index in [1.165, 1.54) is 7.11 Å². The lowest BCUT2D eigenvalue weighted by Gasteiger charge is -2.29. The Morgan fingerprint density at radius 3 is 2.27 bits per heavy atom. The molecule has 5 nitrogen and oxygen atoms in total. The summed E-state index contributed by atoms with van der Waals surface area (Å²) < 4.78 is 4.65. The van der Waals surface area contributed by atoms with Gasteiger partial charge in [-0.15, -0.1) is 0 Å². The van der Waals surface area contributed by atoms with Gasteiger partial charge in [-0.25, -0.2) is 0 Å². The summed E-state index contributed by atoms with van der Waals surface area (Å²) in [5.41, 5.74) is 5.12. The smallest absolute Gasteiger partial charge is 0.309 e. The van der Waals surface area contributed by atoms with Crippen LogP contribution in [0.1, 0.15) is 20.8 Å². The number of carbonyl (C=O) groups excluding carboxylic acids is 2. The van der Waals surface area contributed by atoms with Crippen molar-refractivity contribution in [3.8, 4) is 0 Å². The molecule has 0 spiro atoms. The normalized spacial score (nSPS) is 14.7. The number of nitrogens with two attached hydrogens (primary N) is 1. The van der Waals surface area contributed by atoms with Gasteiger partial charge in [0.15, 0.2) is 0 Å². The standard InChI is InChI=1S/C10H20N2O3/c1-5-12(6-9(11)13)8(3)7(2)10(14)15-4/h7-8H,5-6H2,1-4H3,(H2,11,13). The van der Waals surface area contributed by atoms with E-state index >= 15 is 0 Å². The van der Waals surface area contributed by atoms with E-state index in [1.54, 1.807) is 6.92 Å². The zero-order chi connectivity index (χ0) is 12.0. The molecule has 0 aromatic heterocycles. The quantitative estimate of drug-likeness (QED) is 0.634. The highest BCUT2D eigenvalue weighted by Crippen LogP contribution is 2.11. The fourth-order valence-electron chi connectivity index (χ4n) is 1.44. The van der Waals surface area contributed by atoms with Crippen LogP contribution in [0.3, 0.4) is 0 Å². The van der Waals surface area contributed by atoms with Gasteiger partial charge in [0.2, 0.25) is 5.91 Å². The molecule has 1 amide bonds. The molecule has 0 heterocycles. The van der Waals surface area contributed by atoms with Crippen LogP contribution in [0.25, 0.3) is 0 Å². The van der Waals surface area contributed by atoms with Crippen LogP contribution in [0.2, 0.25) is 0 Å². The molecule has 0 aliphatic rings. The number of likely N-dealkylation sites (N-methyl/N-ethyl adjacent to an activating group) is 1. The maximum Gasteiger partial charge on any atom is 0.309 e. The molecule has 5 heteroatoms. The number of primary amides is 1. The molecule has 0 bridgehead atoms. The Labute approximate surface area is 90.6 Å². The number of ether oxygens (including phenoxy) is 1. The first kappa shape index (κ1) is 13.9. The lowest BCUT2D eigenvalue weighted by Crippen LogP contribution is -2.44. The fourth-order valence-corrected chi connectivity index (χ4v) is 1.44. The largest absolute Gasteiger partial charge is 0.469 e. The first-order chi connectivity index (χ1) is 6.93. The van der Waals surface area contributed by atoms with Crippen molar-refractivity contribution in [3.05, 3.63) is 0 Å². The number of nitrogens with zero attached hydrogens (tertiary/aromatic N) is 1. The van der Waals surface area contributed by atoms with E-state index in [-0.39, 0.29) is 30.4 Å². The third-order valence-corrected chi connectivity index (χ3v) is 2.64. The zero-order valence-corrected chi connectivity index (χ0v) is 9.82. The molecule has 2 atom stereocenters. The van der Waals surface area contributed by atoms with Crippen LogP contribution in [-0.4, -0.2) is 43.0 Å². The Morgan fingerprint density at radius 1 is 1.40 bits per heavy atom. The van der Waals surface area contributed by atoms with Gasteiger partial charge in [0.25, 0.3) is 0 Å². The van der Waals surface area contributed by atoms with Crippen molar-refractivity contribution in [1.29, 1.82) is 0 Å². The predicted molar refractivity (Wildman–Crippen MR) is 57.1 cm³/mol. The van der Waals surface area contributed by atoms with Crippen LogP contribution in [0, 0.1) is 5.92 Å². The van der Waals surface area contributed by atoms with E-state index < -0.39 is 0 Å². The van der Waals surface area contributed by atoms with Crippen LogP contribution in [0.15, 0.2) is 0 Å². The van der Waals surface area contributed by atoms with Gasteiger partial charge in [-0.1, -0.05) is 13.8 Å². The van der Waals surface area contributed by atoms with Gasteiger partial charge in [0.1, 0.15) is 0 Å². The molecule has 0 saturated heterocycles. The van der Waals surface area contributed by atoms with Crippen LogP contribution in [-0.2, 0) is 14.3 Å². The number of esters is 1. The minimum absolute atomic E-state index is 0.0602. The molecule has 2 N–H and O–H groups in total. The molecule has 15 heavy (non-hydrogen) atoms. The van der Waals surface area contributed by atoms with E-state index in [9.17, 15) is 9.59 Å². The molecule has 0 rings (SSSR count). The van der Waals surface area contributed by atoms with Gasteiger partial charge in [-0.2, -0.15) is 0 Å². The summed E-state index contributed by atoms with van der Waals surface area (Å²) in [6.07, 6.45) is 0. The second kappa shape index (κ2) is 6.40. The topological polar surface area (TPSA) is 72.6 Å². The molecule has 0 aromatic rings. The third-order valence-electron chi connectivity index (χ3n) is 2.64. The number of amides is 1. The molecule has 0 saturated carbocycles. The summed E-state index contributed by atoms with van der Waals surface area (Å²) in [5, 5.41) is 0. The van der Waals surface area contributed by atoms with Crippen LogP contribution in [0.5, 0.6) is 0 Å². The van der Waals surface area contributed by atoms with Crippen molar-refractivity contribution in [2.24, 2.45) is 11.7 Å². The molecule has 0 aliphatic carbocycles. The van der Waals surface area contributed by atoms with Gasteiger partial charge in [-0.05, 0) is 13.5 Å². The maximum absolute atomic E-state index is 11.3. The summed E-state index contributed by atoms with van der Waals surface area (Å²) in [7, 11) is 1.36. The van der Waals surface area contributed by atoms with Crippen molar-refractivity contribution in [2.75, 3.05) is 20.2 Å². The number of carbonyl (C=O) groups is 2. The lowest BCUT2D eigenvalue weighted by molar-refractivity contribution is -0.147. The lowest BCUT2D eigenvalue weighted by atomic mass is 10.0. The van der Waals surface area contributed by atoms with Gasteiger partial charge in [0.05, 0.1) is 19.6 Å². The predicted octanol–water partition coefficient (Wildman–Crippen LogP) is -0.00880. The van der Waals surface area contributed by atoms with Crippen LogP contribution >= 0.6 is 0 Å². The molecule has 0 fully saturated rings. The number of methoxy groups -OCH3 is 1. The highest BCUT2D eigenvalue weighted by Gasteiger charge is 2.26. The average molecular weight is 216 g/mol. The molecule has 88 valence electrons. The maximum atomic E-state index is 11.3. The van der Waals surface area contributed by atoms with Gasteiger partial charge < -0.3 is 10.5 Å². The minimum Gasteiger partial charge on any atom is -0.469 e. The average Bonchev–Trinajstić information content (AvgIpc) is 2.22. The monoisotopic (exact) mass is 216 g/mol. The first-order valence-corrected chi connectivity index (χ1v) is 5.04. The highest BCUT2D eigenvalue weighted by molar-refractivity contribution is 5.76. The Kier molecular flexibility index (Phi) is 5.93. The number of rotatable bonds is 6. The molecule has 0 radical (unpaired) electrons. The Balaban J connectivity index is 4.42. The van der Waals surface area contributed by atoms with Crippen molar-refractivity contribution in [2.45, 2.75) is 26.8 Å².